The van der Waals surface area contributed by atoms with Crippen molar-refractivity contribution in [1.82, 2.24) is 15.0 Å². The molecule has 0 atom stereocenters. The molecular formula is C14H20N4O2S. The Labute approximate surface area is 128 Å². The normalized spacial score (nSPS) is 11.5. The third-order valence-corrected chi connectivity index (χ3v) is 3.89. The molecule has 0 amide bonds. The number of nitrogens with one attached hydrogen (secondary N) is 1. The first-order chi connectivity index (χ1) is 9.76. The van der Waals surface area contributed by atoms with Crippen molar-refractivity contribution in [2.24, 2.45) is 0 Å². The minimum absolute atomic E-state index is 0.324. The molecule has 0 unspecified atom stereocenters. The second-order valence-corrected chi connectivity index (χ2v) is 6.78. The van der Waals surface area contributed by atoms with Gasteiger partial charge in [-0.25, -0.2) is 14.8 Å². The van der Waals surface area contributed by atoms with Crippen LogP contribution in [0.15, 0.2) is 12.4 Å². The molecule has 0 aliphatic heterocycles. The van der Waals surface area contributed by atoms with E-state index in [0.717, 1.165) is 11.0 Å². The van der Waals surface area contributed by atoms with E-state index in [-0.39, 0.29) is 5.97 Å². The van der Waals surface area contributed by atoms with E-state index in [0.29, 0.717) is 17.1 Å². The zero-order chi connectivity index (χ0) is 15.6. The Bertz CT molecular complexity index is 613. The highest BCUT2D eigenvalue weighted by atomic mass is 32.1. The standard InChI is InChI=1S/C14H20N4O2S/c1-9-11(12(19)20-14(2,3)4)21-13(17-9)18(5)8-10-15-6-7-16-10/h6-7H,8H2,1-5H3,(H,15,16). The number of aromatic amines is 1. The van der Waals surface area contributed by atoms with Crippen molar-refractivity contribution >= 4 is 22.4 Å². The van der Waals surface area contributed by atoms with E-state index < -0.39 is 5.60 Å². The molecule has 0 aromatic carbocycles. The van der Waals surface area contributed by atoms with Crippen molar-refractivity contribution in [3.8, 4) is 0 Å². The lowest BCUT2D eigenvalue weighted by Crippen LogP contribution is -2.23. The van der Waals surface area contributed by atoms with Crippen LogP contribution in [0.2, 0.25) is 0 Å². The molecule has 0 aliphatic rings. The van der Waals surface area contributed by atoms with Gasteiger partial charge in [-0.2, -0.15) is 0 Å². The lowest BCUT2D eigenvalue weighted by atomic mass is 10.2. The van der Waals surface area contributed by atoms with Crippen LogP contribution in [-0.2, 0) is 11.3 Å². The molecule has 0 fully saturated rings. The molecule has 0 spiro atoms. The summed E-state index contributed by atoms with van der Waals surface area (Å²) in [4.78, 5) is 26.3. The average Bonchev–Trinajstić information content (AvgIpc) is 2.96. The molecule has 2 rings (SSSR count). The fourth-order valence-electron chi connectivity index (χ4n) is 1.74. The van der Waals surface area contributed by atoms with Gasteiger partial charge < -0.3 is 14.6 Å². The number of ether oxygens (including phenoxy) is 1. The summed E-state index contributed by atoms with van der Waals surface area (Å²) in [7, 11) is 1.92. The number of carbonyl (C=O) groups excluding carboxylic acids is 1. The summed E-state index contributed by atoms with van der Waals surface area (Å²) >= 11 is 1.34. The van der Waals surface area contributed by atoms with E-state index >= 15 is 0 Å². The van der Waals surface area contributed by atoms with Crippen LogP contribution in [0.1, 0.15) is 42.0 Å². The first kappa shape index (κ1) is 15.5. The van der Waals surface area contributed by atoms with E-state index in [9.17, 15) is 4.79 Å². The van der Waals surface area contributed by atoms with Gasteiger partial charge in [0.1, 0.15) is 16.3 Å². The van der Waals surface area contributed by atoms with E-state index in [1.165, 1.54) is 11.3 Å². The van der Waals surface area contributed by atoms with Crippen molar-refractivity contribution in [2.45, 2.75) is 39.8 Å². The van der Waals surface area contributed by atoms with E-state index in [1.807, 2.05) is 39.6 Å². The first-order valence-corrected chi connectivity index (χ1v) is 7.48. The Hall–Kier alpha value is -1.89. The van der Waals surface area contributed by atoms with E-state index in [2.05, 4.69) is 15.0 Å². The maximum Gasteiger partial charge on any atom is 0.350 e. The van der Waals surface area contributed by atoms with Crippen LogP contribution in [0.4, 0.5) is 5.13 Å². The zero-order valence-corrected chi connectivity index (χ0v) is 13.7. The van der Waals surface area contributed by atoms with Gasteiger partial charge in [-0.15, -0.1) is 0 Å². The molecule has 0 bridgehead atoms. The number of rotatable bonds is 4. The Morgan fingerprint density at radius 3 is 2.76 bits per heavy atom. The lowest BCUT2D eigenvalue weighted by molar-refractivity contribution is 0.00742. The number of thiazole rings is 1. The van der Waals surface area contributed by atoms with Gasteiger partial charge >= 0.3 is 5.97 Å². The third-order valence-electron chi connectivity index (χ3n) is 2.64. The third kappa shape index (κ3) is 4.04. The molecule has 0 radical (unpaired) electrons. The predicted octanol–water partition coefficient (Wildman–Crippen LogP) is 2.77. The number of H-pyrrole nitrogens is 1. The Morgan fingerprint density at radius 2 is 2.19 bits per heavy atom. The van der Waals surface area contributed by atoms with Crippen molar-refractivity contribution in [2.75, 3.05) is 11.9 Å². The van der Waals surface area contributed by atoms with Crippen molar-refractivity contribution < 1.29 is 9.53 Å². The topological polar surface area (TPSA) is 71.1 Å². The molecule has 6 nitrogen and oxygen atoms in total. The fraction of sp³-hybridized carbons (Fsp3) is 0.500. The number of aryl methyl sites for hydroxylation is 1. The van der Waals surface area contributed by atoms with Gasteiger partial charge in [0.2, 0.25) is 0 Å². The van der Waals surface area contributed by atoms with Gasteiger partial charge in [0.15, 0.2) is 5.13 Å². The van der Waals surface area contributed by atoms with Crippen molar-refractivity contribution in [1.29, 1.82) is 0 Å². The quantitative estimate of drug-likeness (QED) is 0.879. The first-order valence-electron chi connectivity index (χ1n) is 6.66. The summed E-state index contributed by atoms with van der Waals surface area (Å²) in [6.07, 6.45) is 3.49. The summed E-state index contributed by atoms with van der Waals surface area (Å²) in [6, 6.07) is 0. The smallest absolute Gasteiger partial charge is 0.350 e. The largest absolute Gasteiger partial charge is 0.456 e. The minimum atomic E-state index is -0.506. The Morgan fingerprint density at radius 1 is 1.48 bits per heavy atom. The highest BCUT2D eigenvalue weighted by molar-refractivity contribution is 7.17. The molecular weight excluding hydrogens is 288 g/mol. The molecule has 0 saturated heterocycles. The van der Waals surface area contributed by atoms with Crippen LogP contribution in [0.25, 0.3) is 0 Å². The van der Waals surface area contributed by atoms with Crippen molar-refractivity contribution in [3.63, 3.8) is 0 Å². The number of nitrogens with zero attached hydrogens (tertiary/aromatic N) is 3. The predicted molar refractivity (Wildman–Crippen MR) is 82.7 cm³/mol. The number of aromatic nitrogens is 3. The van der Waals surface area contributed by atoms with Crippen LogP contribution < -0.4 is 4.90 Å². The molecule has 114 valence electrons. The van der Waals surface area contributed by atoms with E-state index in [1.54, 1.807) is 12.4 Å². The molecule has 2 aromatic rings. The highest BCUT2D eigenvalue weighted by Gasteiger charge is 2.23. The van der Waals surface area contributed by atoms with Crippen LogP contribution in [0.5, 0.6) is 0 Å². The fourth-order valence-corrected chi connectivity index (χ4v) is 2.64. The number of esters is 1. The molecule has 7 heteroatoms. The average molecular weight is 308 g/mol. The lowest BCUT2D eigenvalue weighted by Gasteiger charge is -2.18. The van der Waals surface area contributed by atoms with Gasteiger partial charge in [0.05, 0.1) is 12.2 Å². The molecule has 21 heavy (non-hydrogen) atoms. The number of carbonyl (C=O) groups is 1. The maximum absolute atomic E-state index is 12.1. The van der Waals surface area contributed by atoms with Crippen molar-refractivity contribution in [3.05, 3.63) is 28.8 Å². The number of anilines is 1. The summed E-state index contributed by atoms with van der Waals surface area (Å²) < 4.78 is 5.40. The summed E-state index contributed by atoms with van der Waals surface area (Å²) in [5.41, 5.74) is 0.184. The summed E-state index contributed by atoms with van der Waals surface area (Å²) in [5.74, 6) is 0.527. The molecule has 2 aromatic heterocycles. The van der Waals surface area contributed by atoms with Crippen LogP contribution in [-0.4, -0.2) is 33.6 Å². The molecule has 0 saturated carbocycles. The second kappa shape index (κ2) is 5.85. The molecule has 0 aliphatic carbocycles. The highest BCUT2D eigenvalue weighted by Crippen LogP contribution is 2.27. The zero-order valence-electron chi connectivity index (χ0n) is 12.9. The minimum Gasteiger partial charge on any atom is -0.456 e. The van der Waals surface area contributed by atoms with Gasteiger partial charge in [0, 0.05) is 19.4 Å². The molecule has 1 N–H and O–H groups in total. The van der Waals surface area contributed by atoms with Crippen LogP contribution in [0.3, 0.4) is 0 Å². The number of hydrogen-bond acceptors (Lipinski definition) is 6. The van der Waals surface area contributed by atoms with Gasteiger partial charge in [-0.05, 0) is 27.7 Å². The Balaban J connectivity index is 2.13. The van der Waals surface area contributed by atoms with Gasteiger partial charge in [-0.1, -0.05) is 11.3 Å². The van der Waals surface area contributed by atoms with Crippen LogP contribution >= 0.6 is 11.3 Å². The monoisotopic (exact) mass is 308 g/mol. The molecule has 2 heterocycles. The maximum atomic E-state index is 12.1. The number of imidazole rings is 1. The van der Waals surface area contributed by atoms with Gasteiger partial charge in [-0.3, -0.25) is 0 Å². The Kier molecular flexibility index (Phi) is 4.32. The van der Waals surface area contributed by atoms with E-state index in [4.69, 9.17) is 4.74 Å². The van der Waals surface area contributed by atoms with Crippen LogP contribution in [0, 0.1) is 6.92 Å². The SMILES string of the molecule is Cc1nc(N(C)Cc2ncc[nH]2)sc1C(=O)OC(C)(C)C. The van der Waals surface area contributed by atoms with Gasteiger partial charge in [0.25, 0.3) is 0 Å². The second-order valence-electron chi connectivity index (χ2n) is 5.80. The number of hydrogen-bond donors (Lipinski definition) is 1. The summed E-state index contributed by atoms with van der Waals surface area (Å²) in [5, 5.41) is 0.768. The summed E-state index contributed by atoms with van der Waals surface area (Å²) in [6.45, 7) is 7.98.